The molecule has 100 valence electrons. The second-order valence-corrected chi connectivity index (χ2v) is 5.04. The highest BCUT2D eigenvalue weighted by Gasteiger charge is 2.27. The molecular weight excluding hydrogens is 242 g/mol. The zero-order valence-corrected chi connectivity index (χ0v) is 10.8. The maximum atomic E-state index is 9.45. The first-order valence-corrected chi connectivity index (χ1v) is 6.71. The molecule has 1 N–H and O–H groups in total. The van der Waals surface area contributed by atoms with Gasteiger partial charge in [0, 0.05) is 12.2 Å². The lowest BCUT2D eigenvalue weighted by Crippen LogP contribution is -2.48. The lowest BCUT2D eigenvalue weighted by Gasteiger charge is -2.36. The fourth-order valence-electron chi connectivity index (χ4n) is 2.85. The van der Waals surface area contributed by atoms with E-state index in [1.54, 1.807) is 0 Å². The lowest BCUT2D eigenvalue weighted by atomic mass is 10.1. The number of morpholine rings is 1. The van der Waals surface area contributed by atoms with E-state index in [1.165, 1.54) is 5.56 Å². The first kappa shape index (κ1) is 12.4. The highest BCUT2D eigenvalue weighted by Crippen LogP contribution is 2.28. The molecule has 1 saturated heterocycles. The van der Waals surface area contributed by atoms with Crippen LogP contribution in [0.15, 0.2) is 6.07 Å². The van der Waals surface area contributed by atoms with E-state index in [0.717, 1.165) is 25.0 Å². The molecule has 1 aromatic rings. The minimum Gasteiger partial charge on any atom is -0.394 e. The van der Waals surface area contributed by atoms with Crippen LogP contribution in [0.25, 0.3) is 0 Å². The second kappa shape index (κ2) is 5.16. The summed E-state index contributed by atoms with van der Waals surface area (Å²) in [6, 6.07) is 4.10. The van der Waals surface area contributed by atoms with Gasteiger partial charge in [0.1, 0.15) is 11.9 Å². The van der Waals surface area contributed by atoms with Gasteiger partial charge in [0.25, 0.3) is 0 Å². The Hall–Kier alpha value is -1.64. The number of aliphatic hydroxyl groups is 1. The van der Waals surface area contributed by atoms with E-state index >= 15 is 0 Å². The average Bonchev–Trinajstić information content (AvgIpc) is 2.93. The van der Waals surface area contributed by atoms with Gasteiger partial charge in [-0.25, -0.2) is 4.98 Å². The first-order chi connectivity index (χ1) is 9.33. The van der Waals surface area contributed by atoms with Crippen molar-refractivity contribution < 1.29 is 9.84 Å². The summed E-state index contributed by atoms with van der Waals surface area (Å²) in [5.41, 5.74) is 2.92. The highest BCUT2D eigenvalue weighted by molar-refractivity contribution is 5.57. The Labute approximate surface area is 112 Å². The summed E-state index contributed by atoms with van der Waals surface area (Å²) in [5.74, 6) is 0.713. The van der Waals surface area contributed by atoms with E-state index in [2.05, 4.69) is 11.1 Å². The molecule has 5 nitrogen and oxygen atoms in total. The molecule has 1 aromatic heterocycles. The summed E-state index contributed by atoms with van der Waals surface area (Å²) < 4.78 is 5.38. The van der Waals surface area contributed by atoms with Crippen molar-refractivity contribution in [2.45, 2.75) is 25.3 Å². The van der Waals surface area contributed by atoms with Crippen LogP contribution in [0.2, 0.25) is 0 Å². The number of fused-ring (bicyclic) bond motifs is 1. The van der Waals surface area contributed by atoms with Crippen molar-refractivity contribution in [3.8, 4) is 6.07 Å². The number of aliphatic hydroxyl groups excluding tert-OH is 1. The van der Waals surface area contributed by atoms with Crippen LogP contribution < -0.4 is 4.90 Å². The third-order valence-corrected chi connectivity index (χ3v) is 3.86. The minimum absolute atomic E-state index is 0.0175. The normalized spacial score (nSPS) is 22.1. The van der Waals surface area contributed by atoms with E-state index in [0.29, 0.717) is 31.1 Å². The Morgan fingerprint density at radius 3 is 3.21 bits per heavy atom. The number of nitriles is 1. The molecule has 2 aliphatic rings. The number of aryl methyl sites for hydroxylation is 2. The third-order valence-electron chi connectivity index (χ3n) is 3.86. The van der Waals surface area contributed by atoms with E-state index in [9.17, 15) is 10.4 Å². The fourth-order valence-corrected chi connectivity index (χ4v) is 2.85. The number of hydrogen-bond donors (Lipinski definition) is 1. The van der Waals surface area contributed by atoms with Crippen molar-refractivity contribution in [1.82, 2.24) is 4.98 Å². The summed E-state index contributed by atoms with van der Waals surface area (Å²) in [6.45, 7) is 1.79. The number of pyridine rings is 1. The Morgan fingerprint density at radius 1 is 1.53 bits per heavy atom. The van der Waals surface area contributed by atoms with Crippen molar-refractivity contribution in [1.29, 1.82) is 5.26 Å². The Kier molecular flexibility index (Phi) is 3.36. The van der Waals surface area contributed by atoms with Gasteiger partial charge in [-0.05, 0) is 30.9 Å². The molecule has 0 aromatic carbocycles. The summed E-state index contributed by atoms with van der Waals surface area (Å²) in [5, 5.41) is 18.8. The van der Waals surface area contributed by atoms with Crippen LogP contribution in [0.1, 0.15) is 23.2 Å². The van der Waals surface area contributed by atoms with Gasteiger partial charge >= 0.3 is 0 Å². The number of hydrogen-bond acceptors (Lipinski definition) is 5. The monoisotopic (exact) mass is 259 g/mol. The Morgan fingerprint density at radius 2 is 2.42 bits per heavy atom. The molecule has 1 aliphatic carbocycles. The predicted octanol–water partition coefficient (Wildman–Crippen LogP) is 0.639. The molecule has 0 saturated carbocycles. The van der Waals surface area contributed by atoms with Gasteiger partial charge in [0.15, 0.2) is 0 Å². The quantitative estimate of drug-likeness (QED) is 0.844. The summed E-state index contributed by atoms with van der Waals surface area (Å²) in [7, 11) is 0. The van der Waals surface area contributed by atoms with Crippen LogP contribution in [-0.4, -0.2) is 42.5 Å². The van der Waals surface area contributed by atoms with Crippen LogP contribution in [0.4, 0.5) is 5.82 Å². The molecule has 19 heavy (non-hydrogen) atoms. The van der Waals surface area contributed by atoms with E-state index in [-0.39, 0.29) is 12.6 Å². The molecule has 0 amide bonds. The van der Waals surface area contributed by atoms with E-state index in [4.69, 9.17) is 4.74 Å². The fraction of sp³-hybridized carbons (Fsp3) is 0.571. The van der Waals surface area contributed by atoms with Gasteiger partial charge in [0.2, 0.25) is 0 Å². The van der Waals surface area contributed by atoms with Crippen molar-refractivity contribution in [2.75, 3.05) is 31.3 Å². The topological polar surface area (TPSA) is 69.4 Å². The predicted molar refractivity (Wildman–Crippen MR) is 70.0 cm³/mol. The Balaban J connectivity index is 2.01. The maximum absolute atomic E-state index is 9.45. The molecule has 1 fully saturated rings. The zero-order chi connectivity index (χ0) is 13.2. The summed E-state index contributed by atoms with van der Waals surface area (Å²) in [4.78, 5) is 6.70. The van der Waals surface area contributed by atoms with Gasteiger partial charge in [-0.15, -0.1) is 0 Å². The number of rotatable bonds is 2. The van der Waals surface area contributed by atoms with Crippen molar-refractivity contribution >= 4 is 5.82 Å². The van der Waals surface area contributed by atoms with Gasteiger partial charge in [-0.3, -0.25) is 0 Å². The first-order valence-electron chi connectivity index (χ1n) is 6.71. The second-order valence-electron chi connectivity index (χ2n) is 5.04. The molecule has 3 rings (SSSR count). The molecule has 0 bridgehead atoms. The maximum Gasteiger partial charge on any atom is 0.147 e. The number of anilines is 1. The Bertz CT molecular complexity index is 524. The smallest absolute Gasteiger partial charge is 0.147 e. The van der Waals surface area contributed by atoms with Crippen molar-refractivity contribution in [3.63, 3.8) is 0 Å². The van der Waals surface area contributed by atoms with Crippen molar-refractivity contribution in [2.24, 2.45) is 0 Å². The molecule has 2 heterocycles. The summed E-state index contributed by atoms with van der Waals surface area (Å²) in [6.07, 6.45) is 3.12. The molecule has 1 aliphatic heterocycles. The summed E-state index contributed by atoms with van der Waals surface area (Å²) >= 11 is 0. The van der Waals surface area contributed by atoms with Crippen LogP contribution in [0.3, 0.4) is 0 Å². The van der Waals surface area contributed by atoms with Gasteiger partial charge in [-0.2, -0.15) is 5.26 Å². The van der Waals surface area contributed by atoms with Gasteiger partial charge in [-0.1, -0.05) is 0 Å². The number of nitrogens with zero attached hydrogens (tertiary/aromatic N) is 3. The van der Waals surface area contributed by atoms with Crippen LogP contribution in [0.5, 0.6) is 0 Å². The minimum atomic E-state index is -0.104. The van der Waals surface area contributed by atoms with E-state index < -0.39 is 0 Å². The molecular formula is C14H17N3O2. The number of aromatic nitrogens is 1. The average molecular weight is 259 g/mol. The van der Waals surface area contributed by atoms with Gasteiger partial charge < -0.3 is 14.7 Å². The van der Waals surface area contributed by atoms with Gasteiger partial charge in [0.05, 0.1) is 31.4 Å². The van der Waals surface area contributed by atoms with Crippen molar-refractivity contribution in [3.05, 3.63) is 22.9 Å². The highest BCUT2D eigenvalue weighted by atomic mass is 16.5. The SMILES string of the molecule is N#Cc1cc2c(nc1N1CCOCC1CO)CCC2. The van der Waals surface area contributed by atoms with E-state index in [1.807, 2.05) is 11.0 Å². The third kappa shape index (κ3) is 2.18. The standard InChI is InChI=1S/C14H17N3O2/c15-7-11-6-10-2-1-3-13(10)16-14(11)17-4-5-19-9-12(17)8-18/h6,12,18H,1-5,8-9H2. The molecule has 0 spiro atoms. The molecule has 1 atom stereocenters. The zero-order valence-electron chi connectivity index (χ0n) is 10.8. The molecule has 5 heteroatoms. The van der Waals surface area contributed by atoms with Crippen LogP contribution in [-0.2, 0) is 17.6 Å². The largest absolute Gasteiger partial charge is 0.394 e. The lowest BCUT2D eigenvalue weighted by molar-refractivity contribution is 0.0722. The van der Waals surface area contributed by atoms with Crippen LogP contribution in [0, 0.1) is 11.3 Å². The molecule has 1 unspecified atom stereocenters. The van der Waals surface area contributed by atoms with Crippen LogP contribution >= 0.6 is 0 Å². The number of ether oxygens (including phenoxy) is 1. The molecule has 0 radical (unpaired) electrons.